The van der Waals surface area contributed by atoms with E-state index in [4.69, 9.17) is 4.74 Å². The van der Waals surface area contributed by atoms with Gasteiger partial charge in [-0.05, 0) is 20.8 Å². The molecule has 0 aliphatic rings. The second-order valence-corrected chi connectivity index (χ2v) is 6.42. The number of carbonyl (C=O) groups is 1. The first kappa shape index (κ1) is 16.8. The molecule has 1 amide bonds. The molecule has 1 unspecified atom stereocenters. The third-order valence-corrected chi connectivity index (χ3v) is 3.19. The molecule has 0 aromatic carbocycles. The normalized spacial score (nSPS) is 13.1. The van der Waals surface area contributed by atoms with Crippen molar-refractivity contribution in [2.75, 3.05) is 6.54 Å². The van der Waals surface area contributed by atoms with Gasteiger partial charge in [0.15, 0.2) is 5.65 Å². The summed E-state index contributed by atoms with van der Waals surface area (Å²) >= 11 is 0. The van der Waals surface area contributed by atoms with E-state index in [1.165, 1.54) is 11.6 Å². The summed E-state index contributed by atoms with van der Waals surface area (Å²) in [6, 6.07) is 0. The topological polar surface area (TPSA) is 122 Å². The molecule has 23 heavy (non-hydrogen) atoms. The third kappa shape index (κ3) is 3.79. The van der Waals surface area contributed by atoms with Crippen molar-refractivity contribution in [3.8, 4) is 0 Å². The quantitative estimate of drug-likeness (QED) is 0.762. The molecule has 2 aromatic heterocycles. The highest BCUT2D eigenvalue weighted by Gasteiger charge is 2.19. The number of H-pyrrole nitrogens is 2. The lowest BCUT2D eigenvalue weighted by Crippen LogP contribution is -2.34. The minimum atomic E-state index is -0.571. The fourth-order valence-corrected chi connectivity index (χ4v) is 2.00. The standard InChI is InChI=1S/C14H21N5O4/c1-7(6-15-13(22)23-14(2,3)4)9-16-8-10(17-9)19(5)12(21)18-11(8)20/h7H,6H2,1-5H3,(H,15,22)(H,16,17)(H,18,20,21). The van der Waals surface area contributed by atoms with Gasteiger partial charge < -0.3 is 15.0 Å². The molecule has 2 aromatic rings. The van der Waals surface area contributed by atoms with Crippen LogP contribution >= 0.6 is 0 Å². The predicted molar refractivity (Wildman–Crippen MR) is 84.6 cm³/mol. The van der Waals surface area contributed by atoms with Crippen LogP contribution in [0.4, 0.5) is 4.79 Å². The molecule has 0 bridgehead atoms. The Balaban J connectivity index is 2.16. The number of hydrogen-bond donors (Lipinski definition) is 3. The van der Waals surface area contributed by atoms with Crippen molar-refractivity contribution >= 4 is 17.3 Å². The van der Waals surface area contributed by atoms with Gasteiger partial charge in [-0.2, -0.15) is 0 Å². The number of hydrogen-bond acceptors (Lipinski definition) is 5. The monoisotopic (exact) mass is 323 g/mol. The Morgan fingerprint density at radius 1 is 1.35 bits per heavy atom. The van der Waals surface area contributed by atoms with Crippen molar-refractivity contribution in [1.82, 2.24) is 24.8 Å². The van der Waals surface area contributed by atoms with Gasteiger partial charge in [-0.25, -0.2) is 14.6 Å². The molecule has 9 heteroatoms. The average molecular weight is 323 g/mol. The molecular weight excluding hydrogens is 302 g/mol. The summed E-state index contributed by atoms with van der Waals surface area (Å²) in [6.45, 7) is 7.45. The summed E-state index contributed by atoms with van der Waals surface area (Å²) in [5, 5.41) is 2.65. The van der Waals surface area contributed by atoms with Crippen LogP contribution in [-0.4, -0.2) is 37.8 Å². The minimum Gasteiger partial charge on any atom is -0.444 e. The van der Waals surface area contributed by atoms with Gasteiger partial charge in [0.05, 0.1) is 0 Å². The smallest absolute Gasteiger partial charge is 0.407 e. The lowest BCUT2D eigenvalue weighted by atomic mass is 10.2. The molecule has 0 spiro atoms. The lowest BCUT2D eigenvalue weighted by Gasteiger charge is -2.20. The van der Waals surface area contributed by atoms with E-state index in [9.17, 15) is 14.4 Å². The van der Waals surface area contributed by atoms with Gasteiger partial charge >= 0.3 is 11.8 Å². The van der Waals surface area contributed by atoms with Crippen LogP contribution in [0.2, 0.25) is 0 Å². The van der Waals surface area contributed by atoms with Gasteiger partial charge in [-0.15, -0.1) is 0 Å². The maximum atomic E-state index is 11.8. The number of nitrogens with one attached hydrogen (secondary N) is 3. The molecule has 9 nitrogen and oxygen atoms in total. The number of amides is 1. The van der Waals surface area contributed by atoms with Crippen molar-refractivity contribution in [2.45, 2.75) is 39.2 Å². The van der Waals surface area contributed by atoms with Crippen molar-refractivity contribution in [2.24, 2.45) is 7.05 Å². The predicted octanol–water partition coefficient (Wildman–Crippen LogP) is 0.578. The lowest BCUT2D eigenvalue weighted by molar-refractivity contribution is 0.0525. The Morgan fingerprint density at radius 3 is 2.61 bits per heavy atom. The molecule has 0 aliphatic carbocycles. The Bertz CT molecular complexity index is 839. The molecule has 0 fully saturated rings. The molecule has 126 valence electrons. The fourth-order valence-electron chi connectivity index (χ4n) is 2.00. The van der Waals surface area contributed by atoms with Crippen LogP contribution < -0.4 is 16.6 Å². The number of aryl methyl sites for hydroxylation is 1. The van der Waals surface area contributed by atoms with Crippen molar-refractivity contribution in [3.05, 3.63) is 26.7 Å². The molecule has 0 aliphatic heterocycles. The fraction of sp³-hybridized carbons (Fsp3) is 0.571. The van der Waals surface area contributed by atoms with E-state index in [2.05, 4.69) is 20.3 Å². The van der Waals surface area contributed by atoms with E-state index in [0.717, 1.165) is 0 Å². The first-order valence-electron chi connectivity index (χ1n) is 7.24. The van der Waals surface area contributed by atoms with Gasteiger partial charge in [0, 0.05) is 19.5 Å². The van der Waals surface area contributed by atoms with Crippen LogP contribution in [0, 0.1) is 0 Å². The highest BCUT2D eigenvalue weighted by molar-refractivity contribution is 5.70. The number of aromatic amines is 2. The van der Waals surface area contributed by atoms with Gasteiger partial charge in [0.25, 0.3) is 5.56 Å². The maximum Gasteiger partial charge on any atom is 0.407 e. The van der Waals surface area contributed by atoms with Gasteiger partial charge in [-0.1, -0.05) is 6.92 Å². The van der Waals surface area contributed by atoms with Crippen molar-refractivity contribution in [3.63, 3.8) is 0 Å². The van der Waals surface area contributed by atoms with Crippen LogP contribution in [0.5, 0.6) is 0 Å². The zero-order chi connectivity index (χ0) is 17.4. The van der Waals surface area contributed by atoms with Crippen LogP contribution in [0.25, 0.3) is 11.2 Å². The Labute approximate surface area is 132 Å². The molecule has 0 saturated carbocycles. The highest BCUT2D eigenvalue weighted by atomic mass is 16.6. The zero-order valence-electron chi connectivity index (χ0n) is 13.8. The van der Waals surface area contributed by atoms with Gasteiger partial charge in [0.2, 0.25) is 0 Å². The number of ether oxygens (including phenoxy) is 1. The van der Waals surface area contributed by atoms with Crippen LogP contribution in [-0.2, 0) is 11.8 Å². The second kappa shape index (κ2) is 5.90. The molecule has 1 atom stereocenters. The summed E-state index contributed by atoms with van der Waals surface area (Å²) in [5.41, 5.74) is -1.11. The minimum absolute atomic E-state index is 0.190. The van der Waals surface area contributed by atoms with Crippen molar-refractivity contribution in [1.29, 1.82) is 0 Å². The molecule has 2 heterocycles. The molecule has 3 N–H and O–H groups in total. The molecular formula is C14H21N5O4. The van der Waals surface area contributed by atoms with Crippen LogP contribution in [0.1, 0.15) is 39.4 Å². The number of nitrogens with zero attached hydrogens (tertiary/aromatic N) is 2. The van der Waals surface area contributed by atoms with E-state index in [1.54, 1.807) is 20.8 Å². The largest absolute Gasteiger partial charge is 0.444 e. The summed E-state index contributed by atoms with van der Waals surface area (Å²) in [5.74, 6) is 0.312. The zero-order valence-corrected chi connectivity index (χ0v) is 13.8. The Kier molecular flexibility index (Phi) is 4.31. The Morgan fingerprint density at radius 2 is 2.00 bits per heavy atom. The van der Waals surface area contributed by atoms with E-state index in [-0.39, 0.29) is 23.6 Å². The van der Waals surface area contributed by atoms with E-state index in [1.807, 2.05) is 6.92 Å². The van der Waals surface area contributed by atoms with Crippen molar-refractivity contribution < 1.29 is 9.53 Å². The summed E-state index contributed by atoms with van der Waals surface area (Å²) in [7, 11) is 1.52. The summed E-state index contributed by atoms with van der Waals surface area (Å²) < 4.78 is 6.41. The Hall–Kier alpha value is -2.58. The van der Waals surface area contributed by atoms with Crippen LogP contribution in [0.15, 0.2) is 9.59 Å². The number of carbonyl (C=O) groups excluding carboxylic acids is 1. The number of imidazole rings is 1. The second-order valence-electron chi connectivity index (χ2n) is 6.42. The summed E-state index contributed by atoms with van der Waals surface area (Å²) in [6.07, 6.45) is -0.522. The number of rotatable bonds is 3. The highest BCUT2D eigenvalue weighted by Crippen LogP contribution is 2.14. The van der Waals surface area contributed by atoms with Gasteiger partial charge in [-0.3, -0.25) is 14.3 Å². The van der Waals surface area contributed by atoms with E-state index >= 15 is 0 Å². The number of fused-ring (bicyclic) bond motifs is 1. The average Bonchev–Trinajstić information content (AvgIpc) is 2.86. The first-order chi connectivity index (χ1) is 10.6. The summed E-state index contributed by atoms with van der Waals surface area (Å²) in [4.78, 5) is 44.4. The maximum absolute atomic E-state index is 11.8. The third-order valence-electron chi connectivity index (χ3n) is 3.19. The van der Waals surface area contributed by atoms with Crippen LogP contribution in [0.3, 0.4) is 0 Å². The molecule has 0 saturated heterocycles. The number of alkyl carbamates (subject to hydrolysis) is 1. The first-order valence-corrected chi connectivity index (χ1v) is 7.24. The van der Waals surface area contributed by atoms with E-state index < -0.39 is 22.9 Å². The molecule has 2 rings (SSSR count). The SMILES string of the molecule is CC(CNC(=O)OC(C)(C)C)c1nc2c([nH]1)c(=O)[nH]c(=O)n2C. The van der Waals surface area contributed by atoms with Gasteiger partial charge in [0.1, 0.15) is 16.9 Å². The number of aromatic nitrogens is 4. The van der Waals surface area contributed by atoms with E-state index in [0.29, 0.717) is 5.82 Å². The molecule has 0 radical (unpaired) electrons.